The molecule has 2 aromatic rings. The maximum Gasteiger partial charge on any atom is 0.226 e. The number of aromatic nitrogens is 4. The Morgan fingerprint density at radius 1 is 1.33 bits per heavy atom. The SMILES string of the molecule is COc1ccnc(NCc2cc(OC)n(C)n2)n1. The molecule has 0 spiro atoms. The fraction of sp³-hybridized carbons (Fsp3) is 0.364. The maximum atomic E-state index is 5.14. The molecule has 2 heterocycles. The second-order valence-corrected chi connectivity index (χ2v) is 3.58. The summed E-state index contributed by atoms with van der Waals surface area (Å²) in [4.78, 5) is 8.23. The molecular formula is C11H15N5O2. The van der Waals surface area contributed by atoms with Gasteiger partial charge in [-0.25, -0.2) is 9.67 Å². The van der Waals surface area contributed by atoms with Crippen LogP contribution in [0.2, 0.25) is 0 Å². The summed E-state index contributed by atoms with van der Waals surface area (Å²) in [6.45, 7) is 0.518. The third-order valence-corrected chi connectivity index (χ3v) is 2.36. The van der Waals surface area contributed by atoms with Crippen molar-refractivity contribution in [3.63, 3.8) is 0 Å². The monoisotopic (exact) mass is 249 g/mol. The third kappa shape index (κ3) is 2.68. The van der Waals surface area contributed by atoms with Crippen LogP contribution in [0.5, 0.6) is 11.8 Å². The van der Waals surface area contributed by atoms with Gasteiger partial charge < -0.3 is 14.8 Å². The number of hydrogen-bond donors (Lipinski definition) is 1. The highest BCUT2D eigenvalue weighted by atomic mass is 16.5. The zero-order valence-electron chi connectivity index (χ0n) is 10.5. The van der Waals surface area contributed by atoms with Crippen molar-refractivity contribution in [2.24, 2.45) is 7.05 Å². The van der Waals surface area contributed by atoms with Gasteiger partial charge in [-0.05, 0) is 0 Å². The van der Waals surface area contributed by atoms with Crippen molar-refractivity contribution in [3.05, 3.63) is 24.0 Å². The zero-order valence-corrected chi connectivity index (χ0v) is 10.5. The molecule has 18 heavy (non-hydrogen) atoms. The summed E-state index contributed by atoms with van der Waals surface area (Å²) in [6, 6.07) is 3.54. The van der Waals surface area contributed by atoms with Crippen LogP contribution >= 0.6 is 0 Å². The lowest BCUT2D eigenvalue weighted by molar-refractivity contribution is 0.373. The highest BCUT2D eigenvalue weighted by Gasteiger charge is 2.05. The van der Waals surface area contributed by atoms with Gasteiger partial charge in [-0.3, -0.25) is 0 Å². The first-order valence-corrected chi connectivity index (χ1v) is 5.40. The molecule has 0 saturated carbocycles. The largest absolute Gasteiger partial charge is 0.481 e. The zero-order chi connectivity index (χ0) is 13.0. The second-order valence-electron chi connectivity index (χ2n) is 3.58. The normalized spacial score (nSPS) is 10.2. The Balaban J connectivity index is 2.01. The Morgan fingerprint density at radius 2 is 2.17 bits per heavy atom. The van der Waals surface area contributed by atoms with Gasteiger partial charge in [0.05, 0.1) is 26.5 Å². The summed E-state index contributed by atoms with van der Waals surface area (Å²) in [6.07, 6.45) is 1.63. The van der Waals surface area contributed by atoms with Crippen molar-refractivity contribution < 1.29 is 9.47 Å². The number of nitrogens with one attached hydrogen (secondary N) is 1. The molecule has 0 atom stereocenters. The highest BCUT2D eigenvalue weighted by Crippen LogP contribution is 2.13. The first-order valence-electron chi connectivity index (χ1n) is 5.40. The van der Waals surface area contributed by atoms with Crippen LogP contribution in [-0.4, -0.2) is 34.0 Å². The van der Waals surface area contributed by atoms with Gasteiger partial charge in [-0.2, -0.15) is 10.1 Å². The Bertz CT molecular complexity index is 526. The predicted molar refractivity (Wildman–Crippen MR) is 65.7 cm³/mol. The second kappa shape index (κ2) is 5.35. The Morgan fingerprint density at radius 3 is 2.83 bits per heavy atom. The molecule has 1 N–H and O–H groups in total. The number of nitrogens with zero attached hydrogens (tertiary/aromatic N) is 4. The molecule has 2 rings (SSSR count). The van der Waals surface area contributed by atoms with E-state index in [1.54, 1.807) is 31.2 Å². The molecule has 7 heteroatoms. The van der Waals surface area contributed by atoms with E-state index >= 15 is 0 Å². The number of methoxy groups -OCH3 is 2. The minimum absolute atomic E-state index is 0.499. The fourth-order valence-corrected chi connectivity index (χ4v) is 1.49. The van der Waals surface area contributed by atoms with Crippen molar-refractivity contribution in [2.45, 2.75) is 6.54 Å². The van der Waals surface area contributed by atoms with Gasteiger partial charge in [0.15, 0.2) is 0 Å². The molecule has 96 valence electrons. The molecule has 2 aromatic heterocycles. The number of ether oxygens (including phenoxy) is 2. The lowest BCUT2D eigenvalue weighted by Gasteiger charge is -2.03. The van der Waals surface area contributed by atoms with E-state index < -0.39 is 0 Å². The fourth-order valence-electron chi connectivity index (χ4n) is 1.49. The van der Waals surface area contributed by atoms with Gasteiger partial charge in [0.1, 0.15) is 0 Å². The molecule has 0 bridgehead atoms. The topological polar surface area (TPSA) is 74.1 Å². The lowest BCUT2D eigenvalue weighted by Crippen LogP contribution is -2.05. The molecule has 0 aliphatic heterocycles. The van der Waals surface area contributed by atoms with Crippen LogP contribution in [0.15, 0.2) is 18.3 Å². The Hall–Kier alpha value is -2.31. The number of anilines is 1. The minimum atomic E-state index is 0.499. The van der Waals surface area contributed by atoms with Gasteiger partial charge in [0, 0.05) is 25.4 Å². The van der Waals surface area contributed by atoms with Crippen molar-refractivity contribution >= 4 is 5.95 Å². The van der Waals surface area contributed by atoms with Crippen molar-refractivity contribution in [1.29, 1.82) is 0 Å². The summed E-state index contributed by atoms with van der Waals surface area (Å²) in [5, 5.41) is 7.35. The Kier molecular flexibility index (Phi) is 3.61. The van der Waals surface area contributed by atoms with Gasteiger partial charge in [0.2, 0.25) is 17.7 Å². The average molecular weight is 249 g/mol. The quantitative estimate of drug-likeness (QED) is 0.846. The van der Waals surface area contributed by atoms with Crippen LogP contribution < -0.4 is 14.8 Å². The average Bonchev–Trinajstić information content (AvgIpc) is 2.77. The molecule has 0 aliphatic carbocycles. The Labute approximate surface area is 105 Å². The van der Waals surface area contributed by atoms with E-state index in [-0.39, 0.29) is 0 Å². The maximum absolute atomic E-state index is 5.14. The van der Waals surface area contributed by atoms with Gasteiger partial charge in [-0.1, -0.05) is 0 Å². The van der Waals surface area contributed by atoms with Crippen LogP contribution in [0.3, 0.4) is 0 Å². The van der Waals surface area contributed by atoms with Crippen molar-refractivity contribution in [2.75, 3.05) is 19.5 Å². The summed E-state index contributed by atoms with van der Waals surface area (Å²) in [5.41, 5.74) is 0.848. The van der Waals surface area contributed by atoms with Crippen LogP contribution in [-0.2, 0) is 13.6 Å². The van der Waals surface area contributed by atoms with E-state index in [1.165, 1.54) is 0 Å². The first kappa shape index (κ1) is 12.2. The van der Waals surface area contributed by atoms with Gasteiger partial charge in [-0.15, -0.1) is 0 Å². The highest BCUT2D eigenvalue weighted by molar-refractivity contribution is 5.29. The van der Waals surface area contributed by atoms with E-state index in [9.17, 15) is 0 Å². The van der Waals surface area contributed by atoms with Crippen LogP contribution in [0.1, 0.15) is 5.69 Å². The van der Waals surface area contributed by atoms with Gasteiger partial charge >= 0.3 is 0 Å². The first-order chi connectivity index (χ1) is 8.72. The minimum Gasteiger partial charge on any atom is -0.481 e. The molecule has 0 amide bonds. The van der Waals surface area contributed by atoms with E-state index in [4.69, 9.17) is 9.47 Å². The summed E-state index contributed by atoms with van der Waals surface area (Å²) in [7, 11) is 5.00. The van der Waals surface area contributed by atoms with E-state index in [2.05, 4.69) is 20.4 Å². The molecule has 0 unspecified atom stereocenters. The number of hydrogen-bond acceptors (Lipinski definition) is 6. The van der Waals surface area contributed by atoms with E-state index in [1.807, 2.05) is 13.1 Å². The molecule has 0 aliphatic rings. The smallest absolute Gasteiger partial charge is 0.226 e. The lowest BCUT2D eigenvalue weighted by atomic mass is 10.4. The summed E-state index contributed by atoms with van der Waals surface area (Å²) in [5.74, 6) is 1.73. The standard InChI is InChI=1S/C11H15N5O2/c1-16-10(18-3)6-8(15-16)7-13-11-12-5-4-9(14-11)17-2/h4-6H,7H2,1-3H3,(H,12,13,14). The van der Waals surface area contributed by atoms with Crippen LogP contribution in [0.4, 0.5) is 5.95 Å². The number of rotatable bonds is 5. The van der Waals surface area contributed by atoms with Crippen LogP contribution in [0.25, 0.3) is 0 Å². The van der Waals surface area contributed by atoms with E-state index in [0.717, 1.165) is 5.69 Å². The molecule has 0 saturated heterocycles. The van der Waals surface area contributed by atoms with Crippen LogP contribution in [0, 0.1) is 0 Å². The molecule has 7 nitrogen and oxygen atoms in total. The molecule has 0 fully saturated rings. The van der Waals surface area contributed by atoms with Crippen molar-refractivity contribution in [1.82, 2.24) is 19.7 Å². The van der Waals surface area contributed by atoms with Crippen molar-refractivity contribution in [3.8, 4) is 11.8 Å². The van der Waals surface area contributed by atoms with Gasteiger partial charge in [0.25, 0.3) is 0 Å². The molecule has 0 aromatic carbocycles. The summed E-state index contributed by atoms with van der Waals surface area (Å²) >= 11 is 0. The molecule has 0 radical (unpaired) electrons. The number of aryl methyl sites for hydroxylation is 1. The predicted octanol–water partition coefficient (Wildman–Crippen LogP) is 0.839. The van der Waals surface area contributed by atoms with E-state index in [0.29, 0.717) is 24.3 Å². The summed E-state index contributed by atoms with van der Waals surface area (Å²) < 4.78 is 11.8. The third-order valence-electron chi connectivity index (χ3n) is 2.36. The molecular weight excluding hydrogens is 234 g/mol.